The van der Waals surface area contributed by atoms with Crippen molar-refractivity contribution in [2.75, 3.05) is 0 Å². The largest absolute Gasteiger partial charge is 0.159 e. The third-order valence-electron chi connectivity index (χ3n) is 1.73. The van der Waals surface area contributed by atoms with Crippen LogP contribution in [0.3, 0.4) is 0 Å². The number of hydrogen-bond acceptors (Lipinski definition) is 2. The van der Waals surface area contributed by atoms with Gasteiger partial charge in [0.2, 0.25) is 0 Å². The molecule has 0 fully saturated rings. The Morgan fingerprint density at radius 2 is 1.07 bits per heavy atom. The minimum atomic E-state index is 0.253. The van der Waals surface area contributed by atoms with Crippen LogP contribution < -0.4 is 0 Å². The molecule has 0 radical (unpaired) electrons. The molecule has 14 heavy (non-hydrogen) atoms. The molecule has 0 aliphatic carbocycles. The Balaban J connectivity index is 2.94. The van der Waals surface area contributed by atoms with E-state index in [0.29, 0.717) is 20.8 Å². The standard InChI is InChI=1S/C8H2Cl4N2/c9-5-1-3-4(2-6(5)10)8(12)14-13-7(3)11/h1-2H. The van der Waals surface area contributed by atoms with Crippen LogP contribution in [0, 0.1) is 0 Å². The molecule has 0 atom stereocenters. The molecule has 2 rings (SSSR count). The lowest BCUT2D eigenvalue weighted by atomic mass is 10.2. The van der Waals surface area contributed by atoms with Gasteiger partial charge in [0.15, 0.2) is 10.3 Å². The molecule has 1 heterocycles. The van der Waals surface area contributed by atoms with Crippen molar-refractivity contribution >= 4 is 57.2 Å². The summed E-state index contributed by atoms with van der Waals surface area (Å²) in [4.78, 5) is 0. The number of hydrogen-bond donors (Lipinski definition) is 0. The molecule has 0 bridgehead atoms. The van der Waals surface area contributed by atoms with Gasteiger partial charge in [0, 0.05) is 10.8 Å². The van der Waals surface area contributed by atoms with Crippen LogP contribution in [-0.4, -0.2) is 10.2 Å². The SMILES string of the molecule is Clc1cc2c(Cl)nnc(Cl)c2cc1Cl. The molecule has 0 aliphatic rings. The van der Waals surface area contributed by atoms with E-state index < -0.39 is 0 Å². The second-order valence-electron chi connectivity index (χ2n) is 2.59. The van der Waals surface area contributed by atoms with E-state index in [1.165, 1.54) is 0 Å². The second-order valence-corrected chi connectivity index (χ2v) is 4.12. The monoisotopic (exact) mass is 266 g/mol. The minimum absolute atomic E-state index is 0.253. The van der Waals surface area contributed by atoms with Crippen molar-refractivity contribution in [3.05, 3.63) is 32.5 Å². The van der Waals surface area contributed by atoms with E-state index in [9.17, 15) is 0 Å². The van der Waals surface area contributed by atoms with E-state index in [-0.39, 0.29) is 10.3 Å². The Bertz CT molecular complexity index is 466. The lowest BCUT2D eigenvalue weighted by Gasteiger charge is -2.02. The highest BCUT2D eigenvalue weighted by Gasteiger charge is 2.09. The average molecular weight is 268 g/mol. The van der Waals surface area contributed by atoms with Gasteiger partial charge in [-0.15, -0.1) is 10.2 Å². The molecule has 0 saturated carbocycles. The molecule has 0 spiro atoms. The van der Waals surface area contributed by atoms with Crippen molar-refractivity contribution in [2.24, 2.45) is 0 Å². The fourth-order valence-electron chi connectivity index (χ4n) is 1.08. The fourth-order valence-corrected chi connectivity index (χ4v) is 1.80. The van der Waals surface area contributed by atoms with Crippen molar-refractivity contribution in [3.63, 3.8) is 0 Å². The lowest BCUT2D eigenvalue weighted by molar-refractivity contribution is 1.05. The second kappa shape index (κ2) is 3.70. The van der Waals surface area contributed by atoms with Gasteiger partial charge in [0.1, 0.15) is 0 Å². The van der Waals surface area contributed by atoms with E-state index in [1.54, 1.807) is 12.1 Å². The van der Waals surface area contributed by atoms with Gasteiger partial charge in [-0.2, -0.15) is 0 Å². The summed E-state index contributed by atoms with van der Waals surface area (Å²) in [6, 6.07) is 3.23. The predicted octanol–water partition coefficient (Wildman–Crippen LogP) is 4.24. The van der Waals surface area contributed by atoms with Gasteiger partial charge in [-0.25, -0.2) is 0 Å². The Labute approximate surface area is 99.7 Å². The summed E-state index contributed by atoms with van der Waals surface area (Å²) in [6.45, 7) is 0. The normalized spacial score (nSPS) is 10.9. The number of halogens is 4. The molecule has 1 aromatic heterocycles. The molecular weight excluding hydrogens is 266 g/mol. The third kappa shape index (κ3) is 1.63. The Hall–Kier alpha value is -0.280. The third-order valence-corrected chi connectivity index (χ3v) is 3.01. The molecule has 0 amide bonds. The first-order valence-electron chi connectivity index (χ1n) is 3.56. The van der Waals surface area contributed by atoms with Crippen LogP contribution in [0.4, 0.5) is 0 Å². The zero-order chi connectivity index (χ0) is 10.3. The Morgan fingerprint density at radius 3 is 1.43 bits per heavy atom. The molecule has 0 saturated heterocycles. The summed E-state index contributed by atoms with van der Waals surface area (Å²) in [7, 11) is 0. The summed E-state index contributed by atoms with van der Waals surface area (Å²) in [5.41, 5.74) is 0. The maximum atomic E-state index is 5.83. The van der Waals surface area contributed by atoms with Gasteiger partial charge < -0.3 is 0 Å². The smallest absolute Gasteiger partial charge is 0.136 e. The van der Waals surface area contributed by atoms with Crippen LogP contribution in [0.25, 0.3) is 10.8 Å². The van der Waals surface area contributed by atoms with Crippen LogP contribution >= 0.6 is 46.4 Å². The van der Waals surface area contributed by atoms with Crippen molar-refractivity contribution in [1.29, 1.82) is 0 Å². The highest BCUT2D eigenvalue weighted by molar-refractivity contribution is 6.44. The van der Waals surface area contributed by atoms with Crippen molar-refractivity contribution in [3.8, 4) is 0 Å². The van der Waals surface area contributed by atoms with E-state index in [0.717, 1.165) is 0 Å². The van der Waals surface area contributed by atoms with Gasteiger partial charge in [-0.05, 0) is 12.1 Å². The Morgan fingerprint density at radius 1 is 0.714 bits per heavy atom. The molecule has 2 nitrogen and oxygen atoms in total. The van der Waals surface area contributed by atoms with Crippen LogP contribution in [0.2, 0.25) is 20.4 Å². The molecule has 0 unspecified atom stereocenters. The highest BCUT2D eigenvalue weighted by atomic mass is 35.5. The van der Waals surface area contributed by atoms with E-state index in [1.807, 2.05) is 0 Å². The van der Waals surface area contributed by atoms with Crippen LogP contribution in [0.5, 0.6) is 0 Å². The molecule has 0 N–H and O–H groups in total. The fraction of sp³-hybridized carbons (Fsp3) is 0. The number of rotatable bonds is 0. The van der Waals surface area contributed by atoms with Gasteiger partial charge in [0.25, 0.3) is 0 Å². The summed E-state index contributed by atoms with van der Waals surface area (Å²) < 4.78 is 0. The van der Waals surface area contributed by atoms with Gasteiger partial charge in [-0.3, -0.25) is 0 Å². The van der Waals surface area contributed by atoms with E-state index in [2.05, 4.69) is 10.2 Å². The maximum Gasteiger partial charge on any atom is 0.159 e. The molecule has 6 heteroatoms. The van der Waals surface area contributed by atoms with E-state index >= 15 is 0 Å². The van der Waals surface area contributed by atoms with E-state index in [4.69, 9.17) is 46.4 Å². The molecular formula is C8H2Cl4N2. The average Bonchev–Trinajstić information content (AvgIpc) is 2.15. The predicted molar refractivity (Wildman–Crippen MR) is 59.6 cm³/mol. The van der Waals surface area contributed by atoms with Crippen LogP contribution in [0.1, 0.15) is 0 Å². The van der Waals surface area contributed by atoms with Gasteiger partial charge in [0.05, 0.1) is 10.0 Å². The number of aromatic nitrogens is 2. The van der Waals surface area contributed by atoms with Crippen molar-refractivity contribution < 1.29 is 0 Å². The summed E-state index contributed by atoms with van der Waals surface area (Å²) in [5.74, 6) is 0. The lowest BCUT2D eigenvalue weighted by Crippen LogP contribution is -1.87. The molecule has 0 aliphatic heterocycles. The molecule has 1 aromatic carbocycles. The first-order valence-corrected chi connectivity index (χ1v) is 5.07. The zero-order valence-corrected chi connectivity index (χ0v) is 9.58. The topological polar surface area (TPSA) is 25.8 Å². The van der Waals surface area contributed by atoms with Crippen LogP contribution in [0.15, 0.2) is 12.1 Å². The number of benzene rings is 1. The van der Waals surface area contributed by atoms with Crippen molar-refractivity contribution in [1.82, 2.24) is 10.2 Å². The highest BCUT2D eigenvalue weighted by Crippen LogP contribution is 2.33. The first kappa shape index (κ1) is 10.2. The van der Waals surface area contributed by atoms with Crippen molar-refractivity contribution in [2.45, 2.75) is 0 Å². The maximum absolute atomic E-state index is 5.83. The Kier molecular flexibility index (Phi) is 2.71. The number of nitrogens with zero attached hydrogens (tertiary/aromatic N) is 2. The first-order chi connectivity index (χ1) is 6.59. The van der Waals surface area contributed by atoms with Gasteiger partial charge >= 0.3 is 0 Å². The summed E-state index contributed by atoms with van der Waals surface area (Å²) >= 11 is 23.3. The number of fused-ring (bicyclic) bond motifs is 1. The zero-order valence-electron chi connectivity index (χ0n) is 6.56. The van der Waals surface area contributed by atoms with Gasteiger partial charge in [-0.1, -0.05) is 46.4 Å². The summed E-state index contributed by atoms with van der Waals surface area (Å²) in [5, 5.41) is 9.92. The van der Waals surface area contributed by atoms with Crippen LogP contribution in [-0.2, 0) is 0 Å². The minimum Gasteiger partial charge on any atom is -0.136 e. The molecule has 72 valence electrons. The molecule has 2 aromatic rings. The summed E-state index contributed by atoms with van der Waals surface area (Å²) in [6.07, 6.45) is 0. The quantitative estimate of drug-likeness (QED) is 0.713.